The molecule has 1 nitrogen and oxygen atoms in total. The molecular formula is C15H9BrClN. The highest BCUT2D eigenvalue weighted by Crippen LogP contribution is 2.27. The zero-order chi connectivity index (χ0) is 13.0. The number of hydrogen-bond donors (Lipinski definition) is 0. The fourth-order valence-electron chi connectivity index (χ4n) is 1.60. The number of allylic oxidation sites excluding steroid dienone is 1. The lowest BCUT2D eigenvalue weighted by Gasteiger charge is -2.03. The first-order valence-corrected chi connectivity index (χ1v) is 6.50. The summed E-state index contributed by atoms with van der Waals surface area (Å²) in [5.41, 5.74) is 2.25. The smallest absolute Gasteiger partial charge is 0.0998 e. The molecule has 88 valence electrons. The maximum Gasteiger partial charge on any atom is 0.0998 e. The van der Waals surface area contributed by atoms with Gasteiger partial charge in [-0.25, -0.2) is 0 Å². The molecule has 2 rings (SSSR count). The Morgan fingerprint density at radius 2 is 1.78 bits per heavy atom. The Bertz CT molecular complexity index is 641. The third kappa shape index (κ3) is 2.81. The molecule has 0 N–H and O–H groups in total. The van der Waals surface area contributed by atoms with Gasteiger partial charge in [-0.1, -0.05) is 63.9 Å². The molecule has 3 heteroatoms. The third-order valence-electron chi connectivity index (χ3n) is 2.49. The van der Waals surface area contributed by atoms with Crippen molar-refractivity contribution in [3.05, 3.63) is 69.2 Å². The van der Waals surface area contributed by atoms with E-state index < -0.39 is 0 Å². The minimum absolute atomic E-state index is 0.549. The summed E-state index contributed by atoms with van der Waals surface area (Å²) < 4.78 is 0.949. The van der Waals surface area contributed by atoms with Gasteiger partial charge in [0.05, 0.1) is 11.6 Å². The lowest BCUT2D eigenvalue weighted by atomic mass is 10.0. The SMILES string of the molecule is N#CC(=Cc1ccccc1Br)c1ccccc1Cl. The van der Waals surface area contributed by atoms with Crippen LogP contribution >= 0.6 is 27.5 Å². The van der Waals surface area contributed by atoms with Crippen molar-refractivity contribution >= 4 is 39.2 Å². The summed E-state index contributed by atoms with van der Waals surface area (Å²) in [6, 6.07) is 17.3. The Labute approximate surface area is 119 Å². The second-order valence-corrected chi connectivity index (χ2v) is 4.93. The van der Waals surface area contributed by atoms with Crippen LogP contribution in [0.25, 0.3) is 11.6 Å². The summed E-state index contributed by atoms with van der Waals surface area (Å²) in [6.07, 6.45) is 1.82. The minimum atomic E-state index is 0.549. The maximum absolute atomic E-state index is 9.26. The lowest BCUT2D eigenvalue weighted by Crippen LogP contribution is -1.84. The quantitative estimate of drug-likeness (QED) is 0.554. The van der Waals surface area contributed by atoms with Crippen molar-refractivity contribution in [1.82, 2.24) is 0 Å². The van der Waals surface area contributed by atoms with Crippen LogP contribution in [-0.2, 0) is 0 Å². The van der Waals surface area contributed by atoms with Gasteiger partial charge in [0.2, 0.25) is 0 Å². The van der Waals surface area contributed by atoms with Gasteiger partial charge in [0.15, 0.2) is 0 Å². The van der Waals surface area contributed by atoms with Crippen molar-refractivity contribution in [3.8, 4) is 6.07 Å². The first-order valence-electron chi connectivity index (χ1n) is 5.33. The zero-order valence-electron chi connectivity index (χ0n) is 9.40. The molecule has 0 aromatic heterocycles. The van der Waals surface area contributed by atoms with E-state index in [9.17, 15) is 5.26 Å². The predicted octanol–water partition coefficient (Wildman–Crippen LogP) is 5.17. The monoisotopic (exact) mass is 317 g/mol. The van der Waals surface area contributed by atoms with E-state index in [1.54, 1.807) is 6.07 Å². The average Bonchev–Trinajstić information content (AvgIpc) is 2.39. The minimum Gasteiger partial charge on any atom is -0.192 e. The van der Waals surface area contributed by atoms with E-state index in [-0.39, 0.29) is 0 Å². The van der Waals surface area contributed by atoms with Gasteiger partial charge in [-0.15, -0.1) is 0 Å². The number of halogens is 2. The van der Waals surface area contributed by atoms with E-state index in [1.165, 1.54) is 0 Å². The topological polar surface area (TPSA) is 23.8 Å². The Hall–Kier alpha value is -1.56. The fraction of sp³-hybridized carbons (Fsp3) is 0. The first kappa shape index (κ1) is 12.9. The molecule has 0 radical (unpaired) electrons. The standard InChI is InChI=1S/C15H9BrClN/c16-14-7-3-1-5-11(14)9-12(10-18)13-6-2-4-8-15(13)17/h1-9H. The molecule has 0 saturated heterocycles. The molecule has 18 heavy (non-hydrogen) atoms. The van der Waals surface area contributed by atoms with Crippen LogP contribution in [0.4, 0.5) is 0 Å². The number of nitriles is 1. The van der Waals surface area contributed by atoms with E-state index in [0.717, 1.165) is 15.6 Å². The molecule has 0 spiro atoms. The van der Waals surface area contributed by atoms with Gasteiger partial charge in [0.1, 0.15) is 0 Å². The van der Waals surface area contributed by atoms with E-state index in [2.05, 4.69) is 22.0 Å². The second-order valence-electron chi connectivity index (χ2n) is 3.67. The van der Waals surface area contributed by atoms with Crippen molar-refractivity contribution in [3.63, 3.8) is 0 Å². The van der Waals surface area contributed by atoms with Crippen LogP contribution in [0.2, 0.25) is 5.02 Å². The normalized spacial score (nSPS) is 11.1. The maximum atomic E-state index is 9.26. The van der Waals surface area contributed by atoms with Crippen LogP contribution in [0.15, 0.2) is 53.0 Å². The van der Waals surface area contributed by atoms with Gasteiger partial charge < -0.3 is 0 Å². The molecular weight excluding hydrogens is 310 g/mol. The largest absolute Gasteiger partial charge is 0.192 e. The molecule has 0 bridgehead atoms. The Balaban J connectivity index is 2.52. The van der Waals surface area contributed by atoms with Crippen LogP contribution in [0, 0.1) is 11.3 Å². The summed E-state index contributed by atoms with van der Waals surface area (Å²) in [7, 11) is 0. The van der Waals surface area contributed by atoms with Gasteiger partial charge in [0.25, 0.3) is 0 Å². The number of rotatable bonds is 2. The van der Waals surface area contributed by atoms with Gasteiger partial charge in [-0.05, 0) is 23.8 Å². The van der Waals surface area contributed by atoms with Crippen molar-refractivity contribution in [2.24, 2.45) is 0 Å². The Morgan fingerprint density at radius 1 is 1.11 bits per heavy atom. The third-order valence-corrected chi connectivity index (χ3v) is 3.54. The van der Waals surface area contributed by atoms with E-state index in [4.69, 9.17) is 11.6 Å². The Morgan fingerprint density at radius 3 is 2.44 bits per heavy atom. The van der Waals surface area contributed by atoms with Gasteiger partial charge in [-0.3, -0.25) is 0 Å². The van der Waals surface area contributed by atoms with Crippen molar-refractivity contribution in [2.75, 3.05) is 0 Å². The van der Waals surface area contributed by atoms with Gasteiger partial charge in [0, 0.05) is 15.1 Å². The molecule has 2 aromatic rings. The summed E-state index contributed by atoms with van der Waals surface area (Å²) in [4.78, 5) is 0. The average molecular weight is 319 g/mol. The highest BCUT2D eigenvalue weighted by atomic mass is 79.9. The highest BCUT2D eigenvalue weighted by Gasteiger charge is 2.06. The van der Waals surface area contributed by atoms with Crippen LogP contribution in [-0.4, -0.2) is 0 Å². The number of benzene rings is 2. The molecule has 0 heterocycles. The first-order chi connectivity index (χ1) is 8.72. The van der Waals surface area contributed by atoms with E-state index in [0.29, 0.717) is 10.6 Å². The molecule has 0 atom stereocenters. The summed E-state index contributed by atoms with van der Waals surface area (Å²) >= 11 is 9.56. The summed E-state index contributed by atoms with van der Waals surface area (Å²) in [5.74, 6) is 0. The molecule has 2 aromatic carbocycles. The predicted molar refractivity (Wildman–Crippen MR) is 79.1 cm³/mol. The van der Waals surface area contributed by atoms with Crippen molar-refractivity contribution < 1.29 is 0 Å². The van der Waals surface area contributed by atoms with E-state index in [1.807, 2.05) is 48.5 Å². The van der Waals surface area contributed by atoms with Crippen molar-refractivity contribution in [1.29, 1.82) is 5.26 Å². The van der Waals surface area contributed by atoms with Gasteiger partial charge >= 0.3 is 0 Å². The number of nitrogens with zero attached hydrogens (tertiary/aromatic N) is 1. The lowest BCUT2D eigenvalue weighted by molar-refractivity contribution is 1.52. The molecule has 0 aliphatic heterocycles. The van der Waals surface area contributed by atoms with Crippen LogP contribution in [0.5, 0.6) is 0 Å². The number of hydrogen-bond acceptors (Lipinski definition) is 1. The Kier molecular flexibility index (Phi) is 4.19. The molecule has 0 amide bonds. The van der Waals surface area contributed by atoms with Crippen molar-refractivity contribution in [2.45, 2.75) is 0 Å². The second kappa shape index (κ2) is 5.86. The summed E-state index contributed by atoms with van der Waals surface area (Å²) in [5, 5.41) is 9.84. The summed E-state index contributed by atoms with van der Waals surface area (Å²) in [6.45, 7) is 0. The molecule has 0 saturated carbocycles. The van der Waals surface area contributed by atoms with E-state index >= 15 is 0 Å². The van der Waals surface area contributed by atoms with Crippen LogP contribution in [0.3, 0.4) is 0 Å². The van der Waals surface area contributed by atoms with Crippen LogP contribution in [0.1, 0.15) is 11.1 Å². The molecule has 0 fully saturated rings. The van der Waals surface area contributed by atoms with Gasteiger partial charge in [-0.2, -0.15) is 5.26 Å². The fourth-order valence-corrected chi connectivity index (χ4v) is 2.23. The van der Waals surface area contributed by atoms with Crippen LogP contribution < -0.4 is 0 Å². The zero-order valence-corrected chi connectivity index (χ0v) is 11.7. The highest BCUT2D eigenvalue weighted by molar-refractivity contribution is 9.10. The molecule has 0 unspecified atom stereocenters. The molecule has 0 aliphatic carbocycles. The molecule has 0 aliphatic rings.